The number of ether oxygens (including phenoxy) is 6. The van der Waals surface area contributed by atoms with Gasteiger partial charge in [0.1, 0.15) is 11.1 Å². The summed E-state index contributed by atoms with van der Waals surface area (Å²) in [4.78, 5) is 50.2. The van der Waals surface area contributed by atoms with E-state index in [9.17, 15) is 14.4 Å². The van der Waals surface area contributed by atoms with Crippen molar-refractivity contribution in [2.24, 2.45) is 0 Å². The lowest BCUT2D eigenvalue weighted by Crippen LogP contribution is -2.10. The maximum absolute atomic E-state index is 14.4. The molecule has 13 nitrogen and oxygen atoms in total. The third kappa shape index (κ3) is 8.42. The number of hydrogen-bond donors (Lipinski definition) is 0. The van der Waals surface area contributed by atoms with E-state index in [2.05, 4.69) is 33.6 Å². The van der Waals surface area contributed by atoms with E-state index in [-0.39, 0.29) is 45.2 Å². The van der Waals surface area contributed by atoms with Gasteiger partial charge < -0.3 is 37.2 Å². The molecule has 0 aliphatic heterocycles. The zero-order valence-corrected chi connectivity index (χ0v) is 37.9. The quantitative estimate of drug-likeness (QED) is 0.0587. The number of carbonyl (C=O) groups excluding carboxylic acids is 2. The molecule has 13 heteroatoms. The molecule has 0 N–H and O–H groups in total. The standard InChI is InChI=1S/C57H37N3O10/c1-64-46-26-39(19-20-44(46)68-55(61)40-23-36(30-58-32-40)17-15-34-11-7-5-8-12-34)51-52-43-28-49(67-4)50(70-56(62)41-24-37(31-59-33-41)18-16-35-13-9-6-10-14-35)29-45(43)69-57(63)54(52)60-22-21-38-25-47(65-2)48(66-3)27-42(38)53(51)60/h5-14,19-33H,1-4H3. The Morgan fingerprint density at radius 2 is 1.04 bits per heavy atom. The lowest BCUT2D eigenvalue weighted by atomic mass is 9.97. The van der Waals surface area contributed by atoms with Crippen molar-refractivity contribution in [3.05, 3.63) is 196 Å². The lowest BCUT2D eigenvalue weighted by molar-refractivity contribution is 0.0720. The van der Waals surface area contributed by atoms with E-state index in [1.54, 1.807) is 73.6 Å². The number of methoxy groups -OCH3 is 4. The number of pyridine rings is 3. The molecule has 0 spiro atoms. The Labute approximate surface area is 399 Å². The van der Waals surface area contributed by atoms with Crippen molar-refractivity contribution in [3.63, 3.8) is 0 Å². The van der Waals surface area contributed by atoms with E-state index >= 15 is 0 Å². The summed E-state index contributed by atoms with van der Waals surface area (Å²) in [5.41, 5.74) is 4.37. The molecular weight excluding hydrogens is 887 g/mol. The first kappa shape index (κ1) is 44.0. The van der Waals surface area contributed by atoms with Gasteiger partial charge in [-0.05, 0) is 83.7 Å². The van der Waals surface area contributed by atoms with Crippen LogP contribution in [0.2, 0.25) is 0 Å². The summed E-state index contributed by atoms with van der Waals surface area (Å²) in [7, 11) is 6.00. The first-order chi connectivity index (χ1) is 34.2. The van der Waals surface area contributed by atoms with Crippen molar-refractivity contribution in [2.45, 2.75) is 0 Å². The minimum atomic E-state index is -0.739. The molecule has 5 heterocycles. The molecule has 0 atom stereocenters. The average molecular weight is 924 g/mol. The van der Waals surface area contributed by atoms with Crippen LogP contribution >= 0.6 is 0 Å². The van der Waals surface area contributed by atoms with Crippen LogP contribution in [0.4, 0.5) is 0 Å². The van der Waals surface area contributed by atoms with Crippen molar-refractivity contribution in [3.8, 4) is 69.3 Å². The predicted octanol–water partition coefficient (Wildman–Crippen LogP) is 10.1. The topological polar surface area (TPSA) is 150 Å². The molecule has 0 aliphatic carbocycles. The largest absolute Gasteiger partial charge is 0.493 e. The van der Waals surface area contributed by atoms with Crippen molar-refractivity contribution in [2.75, 3.05) is 28.4 Å². The second-order valence-electron chi connectivity index (χ2n) is 15.6. The fraction of sp³-hybridized carbons (Fsp3) is 0.0702. The molecule has 5 aromatic heterocycles. The zero-order chi connectivity index (χ0) is 48.3. The van der Waals surface area contributed by atoms with Crippen molar-refractivity contribution >= 4 is 50.1 Å². The number of rotatable bonds is 9. The Balaban J connectivity index is 1.09. The molecule has 0 saturated heterocycles. The van der Waals surface area contributed by atoms with Gasteiger partial charge in [0.15, 0.2) is 34.5 Å². The van der Waals surface area contributed by atoms with Gasteiger partial charge in [-0.2, -0.15) is 0 Å². The van der Waals surface area contributed by atoms with Gasteiger partial charge in [0.2, 0.25) is 0 Å². The smallest absolute Gasteiger partial charge is 0.361 e. The number of nitrogens with zero attached hydrogens (tertiary/aromatic N) is 3. The van der Waals surface area contributed by atoms with Crippen LogP contribution in [0.5, 0.6) is 34.5 Å². The SMILES string of the molecule is COc1cc2ccn3c(c(-c4ccc(OC(=O)c5cncc(C#Cc6ccccc6)c5)c(OC)c4)c4c5cc(OC)c(OC(=O)c6cncc(C#Cc7ccccc7)c6)cc5oc(=O)c43)c2cc1OC. The van der Waals surface area contributed by atoms with E-state index in [0.717, 1.165) is 16.5 Å². The number of benzene rings is 5. The molecular formula is C57H37N3O10. The highest BCUT2D eigenvalue weighted by Crippen LogP contribution is 2.46. The van der Waals surface area contributed by atoms with E-state index in [1.165, 1.54) is 32.7 Å². The van der Waals surface area contributed by atoms with Crippen molar-refractivity contribution in [1.29, 1.82) is 0 Å². The predicted molar refractivity (Wildman–Crippen MR) is 263 cm³/mol. The fourth-order valence-electron chi connectivity index (χ4n) is 8.14. The highest BCUT2D eigenvalue weighted by atomic mass is 16.6. The Bertz CT molecular complexity index is 3920. The number of aromatic nitrogens is 3. The number of esters is 2. The van der Waals surface area contributed by atoms with E-state index in [4.69, 9.17) is 32.8 Å². The molecule has 0 aliphatic rings. The molecule has 0 fully saturated rings. The van der Waals surface area contributed by atoms with Crippen molar-refractivity contribution in [1.82, 2.24) is 14.4 Å². The van der Waals surface area contributed by atoms with Crippen molar-refractivity contribution < 1.29 is 42.4 Å². The highest BCUT2D eigenvalue weighted by molar-refractivity contribution is 6.22. The Hall–Kier alpha value is -9.85. The van der Waals surface area contributed by atoms with Crippen LogP contribution in [0.15, 0.2) is 162 Å². The second kappa shape index (κ2) is 18.8. The maximum Gasteiger partial charge on any atom is 0.361 e. The van der Waals surface area contributed by atoms with Crippen LogP contribution in [0, 0.1) is 23.7 Å². The minimum absolute atomic E-state index is 0.00678. The molecule has 0 bridgehead atoms. The molecule has 10 aromatic rings. The molecule has 340 valence electrons. The van der Waals surface area contributed by atoms with E-state index in [1.807, 2.05) is 78.9 Å². The number of carbonyl (C=O) groups is 2. The van der Waals surface area contributed by atoms with Gasteiger partial charge in [-0.15, -0.1) is 0 Å². The molecule has 10 rings (SSSR count). The minimum Gasteiger partial charge on any atom is -0.493 e. The summed E-state index contributed by atoms with van der Waals surface area (Å²) in [6.45, 7) is 0. The summed E-state index contributed by atoms with van der Waals surface area (Å²) in [6, 6.07) is 35.8. The van der Waals surface area contributed by atoms with Gasteiger partial charge in [-0.1, -0.05) is 66.1 Å². The summed E-state index contributed by atoms with van der Waals surface area (Å²) in [6.07, 6.45) is 7.67. The van der Waals surface area contributed by atoms with Gasteiger partial charge in [0, 0.05) is 81.0 Å². The monoisotopic (exact) mass is 923 g/mol. The summed E-state index contributed by atoms with van der Waals surface area (Å²) in [5, 5.41) is 2.42. The molecule has 0 radical (unpaired) electrons. The van der Waals surface area contributed by atoms with E-state index in [0.29, 0.717) is 55.4 Å². The normalized spacial score (nSPS) is 10.8. The fourth-order valence-corrected chi connectivity index (χ4v) is 8.14. The van der Waals surface area contributed by atoms with Gasteiger partial charge in [-0.25, -0.2) is 14.4 Å². The lowest BCUT2D eigenvalue weighted by Gasteiger charge is -2.14. The molecule has 0 saturated carbocycles. The molecule has 5 aromatic carbocycles. The van der Waals surface area contributed by atoms with Crippen LogP contribution in [-0.2, 0) is 0 Å². The van der Waals surface area contributed by atoms with Crippen LogP contribution in [0.1, 0.15) is 43.0 Å². The first-order valence-electron chi connectivity index (χ1n) is 21.6. The highest BCUT2D eigenvalue weighted by Gasteiger charge is 2.26. The van der Waals surface area contributed by atoms with Gasteiger partial charge in [0.05, 0.1) is 45.1 Å². The van der Waals surface area contributed by atoms with Crippen LogP contribution in [0.25, 0.3) is 49.3 Å². The van der Waals surface area contributed by atoms with Crippen LogP contribution < -0.4 is 34.0 Å². The Morgan fingerprint density at radius 1 is 0.514 bits per heavy atom. The third-order valence-corrected chi connectivity index (χ3v) is 11.4. The Morgan fingerprint density at radius 3 is 1.64 bits per heavy atom. The summed E-state index contributed by atoms with van der Waals surface area (Å²) < 4.78 is 42.8. The van der Waals surface area contributed by atoms with Gasteiger partial charge in [0.25, 0.3) is 0 Å². The van der Waals surface area contributed by atoms with Crippen LogP contribution in [-0.4, -0.2) is 54.7 Å². The average Bonchev–Trinajstić information content (AvgIpc) is 3.76. The second-order valence-corrected chi connectivity index (χ2v) is 15.6. The molecule has 0 amide bonds. The number of hydrogen-bond acceptors (Lipinski definition) is 12. The van der Waals surface area contributed by atoms with Crippen LogP contribution in [0.3, 0.4) is 0 Å². The van der Waals surface area contributed by atoms with Gasteiger partial charge >= 0.3 is 17.6 Å². The third-order valence-electron chi connectivity index (χ3n) is 11.4. The zero-order valence-electron chi connectivity index (χ0n) is 37.9. The maximum atomic E-state index is 14.4. The van der Waals surface area contributed by atoms with E-state index < -0.39 is 17.6 Å². The number of fused-ring (bicyclic) bond motifs is 7. The summed E-state index contributed by atoms with van der Waals surface area (Å²) in [5.74, 6) is 12.3. The first-order valence-corrected chi connectivity index (χ1v) is 21.6. The Kier molecular flexibility index (Phi) is 11.8. The summed E-state index contributed by atoms with van der Waals surface area (Å²) >= 11 is 0. The molecule has 70 heavy (non-hydrogen) atoms. The van der Waals surface area contributed by atoms with Gasteiger partial charge in [-0.3, -0.25) is 9.97 Å². The molecule has 0 unspecified atom stereocenters.